The van der Waals surface area contributed by atoms with E-state index >= 15 is 0 Å². The molecule has 74 valence electrons. The van der Waals surface area contributed by atoms with E-state index < -0.39 is 0 Å². The van der Waals surface area contributed by atoms with Crippen molar-refractivity contribution >= 4 is 18.0 Å². The van der Waals surface area contributed by atoms with Crippen LogP contribution in [0, 0.1) is 5.92 Å². The average molecular weight is 206 g/mol. The van der Waals surface area contributed by atoms with Crippen LogP contribution >= 0.6 is 11.8 Å². The molecule has 0 aliphatic carbocycles. The average Bonchev–Trinajstić information content (AvgIpc) is 2.71. The van der Waals surface area contributed by atoms with E-state index in [9.17, 15) is 4.79 Å². The van der Waals surface area contributed by atoms with E-state index in [1.165, 1.54) is 23.5 Å². The van der Waals surface area contributed by atoms with Gasteiger partial charge in [-0.3, -0.25) is 4.79 Å². The molecule has 1 aromatic carbocycles. The summed E-state index contributed by atoms with van der Waals surface area (Å²) >= 11 is 2.03. The number of hydrogen-bond acceptors (Lipinski definition) is 2. The van der Waals surface area contributed by atoms with E-state index in [4.69, 9.17) is 0 Å². The van der Waals surface area contributed by atoms with E-state index in [0.717, 1.165) is 24.2 Å². The summed E-state index contributed by atoms with van der Waals surface area (Å²) in [4.78, 5) is 10.8. The van der Waals surface area contributed by atoms with E-state index in [0.29, 0.717) is 0 Å². The van der Waals surface area contributed by atoms with Crippen LogP contribution in [0.3, 0.4) is 0 Å². The lowest BCUT2D eigenvalue weighted by Crippen LogP contribution is -2.04. The number of thioether (sulfide) groups is 1. The Bertz CT molecular complexity index is 316. The Morgan fingerprint density at radius 2 is 2.29 bits per heavy atom. The Kier molecular flexibility index (Phi) is 3.25. The lowest BCUT2D eigenvalue weighted by molar-refractivity contribution is 0.112. The van der Waals surface area contributed by atoms with Crippen molar-refractivity contribution in [1.29, 1.82) is 0 Å². The molecular weight excluding hydrogens is 192 g/mol. The summed E-state index contributed by atoms with van der Waals surface area (Å²) in [7, 11) is 0. The third-order valence-electron chi connectivity index (χ3n) is 2.71. The molecule has 0 N–H and O–H groups in total. The van der Waals surface area contributed by atoms with Crippen LogP contribution in [0.1, 0.15) is 22.3 Å². The predicted molar refractivity (Wildman–Crippen MR) is 61.0 cm³/mol. The van der Waals surface area contributed by atoms with Crippen molar-refractivity contribution in [2.24, 2.45) is 5.92 Å². The quantitative estimate of drug-likeness (QED) is 0.707. The van der Waals surface area contributed by atoms with Gasteiger partial charge in [0.1, 0.15) is 6.29 Å². The second kappa shape index (κ2) is 4.65. The van der Waals surface area contributed by atoms with E-state index in [-0.39, 0.29) is 0 Å². The van der Waals surface area contributed by atoms with Crippen LogP contribution in [0.25, 0.3) is 0 Å². The zero-order chi connectivity index (χ0) is 9.80. The van der Waals surface area contributed by atoms with Gasteiger partial charge in [0.05, 0.1) is 0 Å². The molecule has 0 amide bonds. The molecule has 1 unspecified atom stereocenters. The van der Waals surface area contributed by atoms with Gasteiger partial charge in [-0.1, -0.05) is 24.3 Å². The predicted octanol–water partition coefficient (Wildman–Crippen LogP) is 2.79. The fourth-order valence-electron chi connectivity index (χ4n) is 1.89. The number of hydrogen-bond donors (Lipinski definition) is 0. The van der Waals surface area contributed by atoms with Crippen LogP contribution in [0.5, 0.6) is 0 Å². The van der Waals surface area contributed by atoms with Gasteiger partial charge in [-0.05, 0) is 35.8 Å². The lowest BCUT2D eigenvalue weighted by atomic mass is 9.96. The highest BCUT2D eigenvalue weighted by molar-refractivity contribution is 7.99. The molecule has 1 aromatic rings. The molecule has 2 heteroatoms. The smallest absolute Gasteiger partial charge is 0.150 e. The molecular formula is C12H14OS. The molecule has 1 fully saturated rings. The van der Waals surface area contributed by atoms with Gasteiger partial charge in [0, 0.05) is 5.56 Å². The lowest BCUT2D eigenvalue weighted by Gasteiger charge is -2.09. The van der Waals surface area contributed by atoms with Crippen LogP contribution in [-0.4, -0.2) is 17.8 Å². The third kappa shape index (κ3) is 2.18. The Morgan fingerprint density at radius 3 is 3.00 bits per heavy atom. The molecule has 1 atom stereocenters. The Labute approximate surface area is 88.9 Å². The van der Waals surface area contributed by atoms with Crippen LogP contribution in [0.2, 0.25) is 0 Å². The van der Waals surface area contributed by atoms with Gasteiger partial charge in [-0.2, -0.15) is 11.8 Å². The molecule has 0 saturated carbocycles. The minimum absolute atomic E-state index is 0.779. The first-order chi connectivity index (χ1) is 6.90. The molecule has 1 nitrogen and oxygen atoms in total. The molecule has 0 spiro atoms. The van der Waals surface area contributed by atoms with Crippen molar-refractivity contribution in [3.05, 3.63) is 35.4 Å². The Hall–Kier alpha value is -0.760. The summed E-state index contributed by atoms with van der Waals surface area (Å²) in [6, 6.07) is 7.93. The third-order valence-corrected chi connectivity index (χ3v) is 3.95. The topological polar surface area (TPSA) is 17.1 Å². The van der Waals surface area contributed by atoms with Crippen molar-refractivity contribution in [3.8, 4) is 0 Å². The van der Waals surface area contributed by atoms with Crippen molar-refractivity contribution in [2.75, 3.05) is 11.5 Å². The minimum atomic E-state index is 0.779. The molecule has 1 saturated heterocycles. The summed E-state index contributed by atoms with van der Waals surface area (Å²) in [5.41, 5.74) is 2.08. The van der Waals surface area contributed by atoms with E-state index in [1.54, 1.807) is 0 Å². The number of carbonyl (C=O) groups excluding carboxylic acids is 1. The first-order valence-electron chi connectivity index (χ1n) is 5.01. The van der Waals surface area contributed by atoms with Gasteiger partial charge in [-0.15, -0.1) is 0 Å². The van der Waals surface area contributed by atoms with Crippen molar-refractivity contribution in [3.63, 3.8) is 0 Å². The molecule has 14 heavy (non-hydrogen) atoms. The first kappa shape index (κ1) is 9.78. The maximum Gasteiger partial charge on any atom is 0.150 e. The van der Waals surface area contributed by atoms with Gasteiger partial charge in [0.25, 0.3) is 0 Å². The highest BCUT2D eigenvalue weighted by atomic mass is 32.2. The zero-order valence-corrected chi connectivity index (χ0v) is 8.93. The summed E-state index contributed by atoms with van der Waals surface area (Å²) in [5.74, 6) is 3.32. The van der Waals surface area contributed by atoms with Crippen LogP contribution < -0.4 is 0 Å². The number of rotatable bonds is 3. The summed E-state index contributed by atoms with van der Waals surface area (Å²) in [6.07, 6.45) is 3.34. The molecule has 1 heterocycles. The second-order valence-corrected chi connectivity index (χ2v) is 4.90. The molecule has 0 bridgehead atoms. The number of carbonyl (C=O) groups is 1. The summed E-state index contributed by atoms with van der Waals surface area (Å²) in [6.45, 7) is 0. The van der Waals surface area contributed by atoms with Crippen LogP contribution in [0.4, 0.5) is 0 Å². The van der Waals surface area contributed by atoms with E-state index in [2.05, 4.69) is 6.07 Å². The molecule has 0 aromatic heterocycles. The fourth-order valence-corrected chi connectivity index (χ4v) is 3.17. The van der Waals surface area contributed by atoms with Crippen molar-refractivity contribution < 1.29 is 4.79 Å². The molecule has 2 rings (SSSR count). The van der Waals surface area contributed by atoms with Crippen molar-refractivity contribution in [1.82, 2.24) is 0 Å². The molecule has 0 radical (unpaired) electrons. The molecule has 1 aliphatic heterocycles. The largest absolute Gasteiger partial charge is 0.298 e. The van der Waals surface area contributed by atoms with Crippen LogP contribution in [-0.2, 0) is 6.42 Å². The van der Waals surface area contributed by atoms with Gasteiger partial charge >= 0.3 is 0 Å². The Morgan fingerprint density at radius 1 is 1.43 bits per heavy atom. The van der Waals surface area contributed by atoms with Gasteiger partial charge < -0.3 is 0 Å². The zero-order valence-electron chi connectivity index (χ0n) is 8.11. The van der Waals surface area contributed by atoms with Crippen LogP contribution in [0.15, 0.2) is 24.3 Å². The highest BCUT2D eigenvalue weighted by Crippen LogP contribution is 2.27. The Balaban J connectivity index is 2.10. The highest BCUT2D eigenvalue weighted by Gasteiger charge is 2.16. The minimum Gasteiger partial charge on any atom is -0.298 e. The fraction of sp³-hybridized carbons (Fsp3) is 0.417. The SMILES string of the molecule is O=Cc1ccccc1CC1CCSC1. The molecule has 1 aliphatic rings. The van der Waals surface area contributed by atoms with Gasteiger partial charge in [0.15, 0.2) is 0 Å². The monoisotopic (exact) mass is 206 g/mol. The van der Waals surface area contributed by atoms with Crippen molar-refractivity contribution in [2.45, 2.75) is 12.8 Å². The van der Waals surface area contributed by atoms with Gasteiger partial charge in [0.2, 0.25) is 0 Å². The normalized spacial score (nSPS) is 21.0. The maximum absolute atomic E-state index is 10.8. The first-order valence-corrected chi connectivity index (χ1v) is 6.16. The number of aldehydes is 1. The standard InChI is InChI=1S/C12H14OS/c13-8-12-4-2-1-3-11(12)7-10-5-6-14-9-10/h1-4,8,10H,5-7,9H2. The maximum atomic E-state index is 10.8. The summed E-state index contributed by atoms with van der Waals surface area (Å²) < 4.78 is 0. The number of benzene rings is 1. The summed E-state index contributed by atoms with van der Waals surface area (Å²) in [5, 5.41) is 0. The second-order valence-electron chi connectivity index (χ2n) is 3.75. The van der Waals surface area contributed by atoms with E-state index in [1.807, 2.05) is 30.0 Å². The van der Waals surface area contributed by atoms with Gasteiger partial charge in [-0.25, -0.2) is 0 Å².